The number of halogens is 1. The summed E-state index contributed by atoms with van der Waals surface area (Å²) in [5.74, 6) is 0.169. The van der Waals surface area contributed by atoms with Gasteiger partial charge in [-0.05, 0) is 37.5 Å². The number of hydrogen-bond acceptors (Lipinski definition) is 1. The van der Waals surface area contributed by atoms with Gasteiger partial charge in [0.1, 0.15) is 0 Å². The van der Waals surface area contributed by atoms with Crippen LogP contribution in [-0.2, 0) is 0 Å². The normalized spacial score (nSPS) is 14.2. The van der Waals surface area contributed by atoms with E-state index in [0.717, 1.165) is 35.7 Å². The maximum Gasteiger partial charge on any atom is 0.0611 e. The lowest BCUT2D eigenvalue weighted by molar-refractivity contribution is 0.130. The van der Waals surface area contributed by atoms with Gasteiger partial charge < -0.3 is 5.11 Å². The number of unbranched alkanes of at least 4 members (excludes halogenated alkanes) is 1. The Morgan fingerprint density at radius 3 is 2.44 bits per heavy atom. The quantitative estimate of drug-likeness (QED) is 0.699. The van der Waals surface area contributed by atoms with E-state index in [1.807, 2.05) is 19.1 Å². The monoisotopic (exact) mass is 310 g/mol. The van der Waals surface area contributed by atoms with Crippen molar-refractivity contribution < 1.29 is 5.11 Å². The Morgan fingerprint density at radius 2 is 1.94 bits per heavy atom. The number of aliphatic hydroxyl groups excluding tert-OH is 1. The van der Waals surface area contributed by atoms with Crippen molar-refractivity contribution in [3.63, 3.8) is 0 Å². The largest absolute Gasteiger partial charge is 0.392 e. The molecule has 0 radical (unpaired) electrons. The number of allylic oxidation sites excluding steroid dienone is 1. The summed E-state index contributed by atoms with van der Waals surface area (Å²) in [6, 6.07) is 8.25. The third kappa shape index (κ3) is 4.95. The van der Waals surface area contributed by atoms with E-state index in [-0.39, 0.29) is 12.0 Å². The minimum Gasteiger partial charge on any atom is -0.392 e. The van der Waals surface area contributed by atoms with Gasteiger partial charge in [0.05, 0.1) is 6.10 Å². The van der Waals surface area contributed by atoms with Crippen molar-refractivity contribution in [1.82, 2.24) is 0 Å². The Bertz CT molecular complexity index is 369. The Morgan fingerprint density at radius 1 is 1.33 bits per heavy atom. The topological polar surface area (TPSA) is 20.2 Å². The molecule has 2 atom stereocenters. The third-order valence-corrected chi connectivity index (χ3v) is 3.71. The number of aliphatic hydroxyl groups is 1. The molecule has 1 nitrogen and oxygen atoms in total. The first kappa shape index (κ1) is 15.5. The second-order valence-corrected chi connectivity index (χ2v) is 5.94. The highest BCUT2D eigenvalue weighted by atomic mass is 79.9. The molecule has 2 heteroatoms. The molecule has 2 unspecified atom stereocenters. The summed E-state index contributed by atoms with van der Waals surface area (Å²) in [5.41, 5.74) is 2.32. The van der Waals surface area contributed by atoms with Gasteiger partial charge in [-0.2, -0.15) is 0 Å². The highest BCUT2D eigenvalue weighted by molar-refractivity contribution is 9.10. The van der Waals surface area contributed by atoms with Crippen molar-refractivity contribution in [1.29, 1.82) is 0 Å². The van der Waals surface area contributed by atoms with Crippen LogP contribution in [0.15, 0.2) is 40.9 Å². The molecule has 18 heavy (non-hydrogen) atoms. The average molecular weight is 311 g/mol. The van der Waals surface area contributed by atoms with Crippen LogP contribution in [-0.4, -0.2) is 11.2 Å². The second-order valence-electron chi connectivity index (χ2n) is 5.03. The number of benzene rings is 1. The molecule has 0 amide bonds. The summed E-state index contributed by atoms with van der Waals surface area (Å²) in [6.07, 6.45) is 3.64. The van der Waals surface area contributed by atoms with Crippen LogP contribution in [0.5, 0.6) is 0 Å². The van der Waals surface area contributed by atoms with Gasteiger partial charge in [-0.1, -0.05) is 53.4 Å². The molecule has 0 spiro atoms. The SMILES string of the molecule is C=C(C)CC(c1ccc(Br)cc1)C(O)CCCC. The molecule has 0 bridgehead atoms. The van der Waals surface area contributed by atoms with Crippen LogP contribution >= 0.6 is 15.9 Å². The van der Waals surface area contributed by atoms with Gasteiger partial charge in [-0.3, -0.25) is 0 Å². The zero-order chi connectivity index (χ0) is 13.5. The van der Waals surface area contributed by atoms with Gasteiger partial charge >= 0.3 is 0 Å². The zero-order valence-electron chi connectivity index (χ0n) is 11.3. The molecule has 0 fully saturated rings. The number of hydrogen-bond donors (Lipinski definition) is 1. The molecule has 0 aromatic heterocycles. The van der Waals surface area contributed by atoms with E-state index in [2.05, 4.69) is 41.6 Å². The van der Waals surface area contributed by atoms with Crippen molar-refractivity contribution in [2.75, 3.05) is 0 Å². The first-order valence-corrected chi connectivity index (χ1v) is 7.41. The first-order chi connectivity index (χ1) is 8.54. The van der Waals surface area contributed by atoms with Crippen LogP contribution in [0.3, 0.4) is 0 Å². The van der Waals surface area contributed by atoms with Gasteiger partial charge in [-0.25, -0.2) is 0 Å². The van der Waals surface area contributed by atoms with Crippen molar-refractivity contribution in [3.05, 3.63) is 46.5 Å². The van der Waals surface area contributed by atoms with Gasteiger partial charge in [0, 0.05) is 10.4 Å². The van der Waals surface area contributed by atoms with Crippen molar-refractivity contribution in [2.24, 2.45) is 0 Å². The Kier molecular flexibility index (Phi) is 6.66. The second kappa shape index (κ2) is 7.75. The fourth-order valence-corrected chi connectivity index (χ4v) is 2.44. The first-order valence-electron chi connectivity index (χ1n) is 6.62. The van der Waals surface area contributed by atoms with E-state index >= 15 is 0 Å². The molecule has 1 rings (SSSR count). The van der Waals surface area contributed by atoms with Gasteiger partial charge in [0.2, 0.25) is 0 Å². The van der Waals surface area contributed by atoms with E-state index in [1.165, 1.54) is 5.56 Å². The van der Waals surface area contributed by atoms with E-state index < -0.39 is 0 Å². The predicted octanol–water partition coefficient (Wildman–Crippen LogP) is 5.05. The Labute approximate surface area is 119 Å². The van der Waals surface area contributed by atoms with Crippen LogP contribution in [0, 0.1) is 0 Å². The highest BCUT2D eigenvalue weighted by Gasteiger charge is 2.20. The van der Waals surface area contributed by atoms with Crippen LogP contribution in [0.25, 0.3) is 0 Å². The molecule has 0 saturated heterocycles. The molecule has 1 aromatic carbocycles. The van der Waals surface area contributed by atoms with E-state index in [0.29, 0.717) is 0 Å². The summed E-state index contributed by atoms with van der Waals surface area (Å²) in [4.78, 5) is 0. The molecular weight excluding hydrogens is 288 g/mol. The van der Waals surface area contributed by atoms with E-state index in [9.17, 15) is 5.11 Å². The predicted molar refractivity (Wildman–Crippen MR) is 81.8 cm³/mol. The molecule has 0 aliphatic heterocycles. The van der Waals surface area contributed by atoms with Gasteiger partial charge in [0.15, 0.2) is 0 Å². The highest BCUT2D eigenvalue weighted by Crippen LogP contribution is 2.30. The Hall–Kier alpha value is -0.600. The summed E-state index contributed by atoms with van der Waals surface area (Å²) in [6.45, 7) is 8.16. The lowest BCUT2D eigenvalue weighted by Gasteiger charge is -2.23. The van der Waals surface area contributed by atoms with E-state index in [4.69, 9.17) is 0 Å². The minimum absolute atomic E-state index is 0.169. The summed E-state index contributed by atoms with van der Waals surface area (Å²) >= 11 is 3.44. The molecule has 1 aromatic rings. The van der Waals surface area contributed by atoms with Crippen molar-refractivity contribution >= 4 is 15.9 Å². The average Bonchev–Trinajstić information content (AvgIpc) is 2.34. The van der Waals surface area contributed by atoms with Crippen LogP contribution in [0.2, 0.25) is 0 Å². The maximum atomic E-state index is 10.4. The van der Waals surface area contributed by atoms with Gasteiger partial charge in [-0.15, -0.1) is 6.58 Å². The lowest BCUT2D eigenvalue weighted by atomic mass is 9.86. The number of rotatable bonds is 7. The molecule has 0 heterocycles. The van der Waals surface area contributed by atoms with Crippen LogP contribution in [0.1, 0.15) is 51.0 Å². The van der Waals surface area contributed by atoms with Crippen molar-refractivity contribution in [2.45, 2.75) is 51.6 Å². The van der Waals surface area contributed by atoms with E-state index in [1.54, 1.807) is 0 Å². The van der Waals surface area contributed by atoms with Crippen LogP contribution < -0.4 is 0 Å². The molecule has 0 saturated carbocycles. The van der Waals surface area contributed by atoms with Gasteiger partial charge in [0.25, 0.3) is 0 Å². The fourth-order valence-electron chi connectivity index (χ4n) is 2.18. The minimum atomic E-state index is -0.275. The standard InChI is InChI=1S/C16H23BrO/c1-4-5-6-16(18)15(11-12(2)3)13-7-9-14(17)10-8-13/h7-10,15-16,18H,2,4-6,11H2,1,3H3. The zero-order valence-corrected chi connectivity index (χ0v) is 12.9. The summed E-state index contributed by atoms with van der Waals surface area (Å²) < 4.78 is 1.07. The summed E-state index contributed by atoms with van der Waals surface area (Å²) in [7, 11) is 0. The molecule has 0 aliphatic carbocycles. The Balaban J connectivity index is 2.82. The smallest absolute Gasteiger partial charge is 0.0611 e. The van der Waals surface area contributed by atoms with Crippen LogP contribution in [0.4, 0.5) is 0 Å². The summed E-state index contributed by atoms with van der Waals surface area (Å²) in [5, 5.41) is 10.4. The lowest BCUT2D eigenvalue weighted by Crippen LogP contribution is -2.19. The molecule has 100 valence electrons. The third-order valence-electron chi connectivity index (χ3n) is 3.18. The molecular formula is C16H23BrO. The maximum absolute atomic E-state index is 10.4. The van der Waals surface area contributed by atoms with Crippen molar-refractivity contribution in [3.8, 4) is 0 Å². The molecule has 0 aliphatic rings. The fraction of sp³-hybridized carbons (Fsp3) is 0.500. The molecule has 1 N–H and O–H groups in total.